The zero-order valence-corrected chi connectivity index (χ0v) is 18.3. The Morgan fingerprint density at radius 2 is 1.70 bits per heavy atom. The van der Waals surface area contributed by atoms with Crippen molar-refractivity contribution in [3.63, 3.8) is 0 Å². The number of amides is 1. The third kappa shape index (κ3) is 6.53. The van der Waals surface area contributed by atoms with E-state index in [0.717, 1.165) is 44.3 Å². The second-order valence-corrected chi connectivity index (χ2v) is 8.48. The van der Waals surface area contributed by atoms with Crippen molar-refractivity contribution in [2.45, 2.75) is 58.4 Å². The average Bonchev–Trinajstić information content (AvgIpc) is 2.98. The number of carbonyl (C=O) groups excluding carboxylic acids is 2. The molecule has 0 fully saturated rings. The molecule has 0 unspecified atom stereocenters. The predicted molar refractivity (Wildman–Crippen MR) is 122 cm³/mol. The van der Waals surface area contributed by atoms with E-state index in [1.54, 1.807) is 0 Å². The Kier molecular flexibility index (Phi) is 8.21. The van der Waals surface area contributed by atoms with Crippen LogP contribution in [0.3, 0.4) is 0 Å². The van der Waals surface area contributed by atoms with Crippen molar-refractivity contribution in [1.82, 2.24) is 10.2 Å². The number of nitrogens with one attached hydrogen (secondary N) is 1. The Morgan fingerprint density at radius 1 is 0.967 bits per heavy atom. The summed E-state index contributed by atoms with van der Waals surface area (Å²) in [5.74, 6) is 0.0148. The Morgan fingerprint density at radius 3 is 2.43 bits per heavy atom. The van der Waals surface area contributed by atoms with E-state index in [0.29, 0.717) is 12.6 Å². The minimum atomic E-state index is -0.0428. The fraction of sp³-hybridized carbons (Fsp3) is 0.462. The van der Waals surface area contributed by atoms with E-state index in [1.807, 2.05) is 24.3 Å². The van der Waals surface area contributed by atoms with Gasteiger partial charge in [-0.15, -0.1) is 0 Å². The van der Waals surface area contributed by atoms with Crippen molar-refractivity contribution in [3.8, 4) is 0 Å². The van der Waals surface area contributed by atoms with Crippen molar-refractivity contribution in [2.75, 3.05) is 19.6 Å². The van der Waals surface area contributed by atoms with Crippen LogP contribution in [-0.2, 0) is 24.1 Å². The zero-order chi connectivity index (χ0) is 21.3. The molecule has 3 rings (SSSR count). The SMILES string of the molecule is CC(C)N1CCc2ccc(C(=O)CCC(=O)NCCCc3ccccc3)cc2CC1. The highest BCUT2D eigenvalue weighted by Gasteiger charge is 2.18. The molecule has 0 aliphatic carbocycles. The lowest BCUT2D eigenvalue weighted by Crippen LogP contribution is -2.32. The molecule has 0 saturated heterocycles. The number of Topliss-reactive ketones (excluding diaryl/α,β-unsaturated/α-hetero) is 1. The fourth-order valence-corrected chi connectivity index (χ4v) is 4.06. The molecule has 0 aromatic heterocycles. The number of hydrogen-bond donors (Lipinski definition) is 1. The van der Waals surface area contributed by atoms with Crippen LogP contribution < -0.4 is 5.32 Å². The monoisotopic (exact) mass is 406 g/mol. The lowest BCUT2D eigenvalue weighted by molar-refractivity contribution is -0.121. The van der Waals surface area contributed by atoms with Crippen LogP contribution in [0.5, 0.6) is 0 Å². The molecule has 0 atom stereocenters. The highest BCUT2D eigenvalue weighted by molar-refractivity contribution is 5.98. The molecular formula is C26H34N2O2. The molecule has 30 heavy (non-hydrogen) atoms. The van der Waals surface area contributed by atoms with Crippen molar-refractivity contribution in [2.24, 2.45) is 0 Å². The molecule has 1 N–H and O–H groups in total. The van der Waals surface area contributed by atoms with Gasteiger partial charge in [-0.05, 0) is 62.3 Å². The minimum Gasteiger partial charge on any atom is -0.356 e. The number of rotatable bonds is 9. The molecule has 2 aromatic rings. The summed E-state index contributed by atoms with van der Waals surface area (Å²) in [5, 5.41) is 2.94. The largest absolute Gasteiger partial charge is 0.356 e. The van der Waals surface area contributed by atoms with Crippen LogP contribution in [0.25, 0.3) is 0 Å². The Bertz CT molecular complexity index is 845. The number of hydrogen-bond acceptors (Lipinski definition) is 3. The second-order valence-electron chi connectivity index (χ2n) is 8.48. The number of ketones is 1. The molecule has 4 heteroatoms. The number of nitrogens with zero attached hydrogens (tertiary/aromatic N) is 1. The van der Waals surface area contributed by atoms with Crippen molar-refractivity contribution in [1.29, 1.82) is 0 Å². The van der Waals surface area contributed by atoms with Crippen molar-refractivity contribution >= 4 is 11.7 Å². The molecule has 1 amide bonds. The molecule has 0 saturated carbocycles. The van der Waals surface area contributed by atoms with Crippen LogP contribution in [0.15, 0.2) is 48.5 Å². The first-order valence-corrected chi connectivity index (χ1v) is 11.2. The van der Waals surface area contributed by atoms with Gasteiger partial charge in [0.05, 0.1) is 0 Å². The van der Waals surface area contributed by atoms with Gasteiger partial charge in [0.1, 0.15) is 0 Å². The summed E-state index contributed by atoms with van der Waals surface area (Å²) in [4.78, 5) is 27.2. The number of benzene rings is 2. The molecule has 1 aliphatic rings. The van der Waals surface area contributed by atoms with Crippen LogP contribution in [0, 0.1) is 0 Å². The molecule has 160 valence electrons. The topological polar surface area (TPSA) is 49.4 Å². The number of fused-ring (bicyclic) bond motifs is 1. The summed E-state index contributed by atoms with van der Waals surface area (Å²) in [6, 6.07) is 16.9. The lowest BCUT2D eigenvalue weighted by Gasteiger charge is -2.23. The van der Waals surface area contributed by atoms with E-state index in [9.17, 15) is 9.59 Å². The molecule has 1 heterocycles. The van der Waals surface area contributed by atoms with E-state index >= 15 is 0 Å². The summed E-state index contributed by atoms with van der Waals surface area (Å²) in [5.41, 5.74) is 4.66. The Labute approximate surface area is 180 Å². The average molecular weight is 407 g/mol. The second kappa shape index (κ2) is 11.1. The molecule has 4 nitrogen and oxygen atoms in total. The Balaban J connectivity index is 1.42. The molecule has 2 aromatic carbocycles. The summed E-state index contributed by atoms with van der Waals surface area (Å²) in [7, 11) is 0. The van der Waals surface area contributed by atoms with E-state index in [2.05, 4.69) is 48.3 Å². The third-order valence-corrected chi connectivity index (χ3v) is 5.98. The van der Waals surface area contributed by atoms with E-state index < -0.39 is 0 Å². The van der Waals surface area contributed by atoms with Gasteiger partial charge < -0.3 is 10.2 Å². The molecule has 0 radical (unpaired) electrons. The molecule has 1 aliphatic heterocycles. The third-order valence-electron chi connectivity index (χ3n) is 5.98. The van der Waals surface area contributed by atoms with Crippen LogP contribution >= 0.6 is 0 Å². The van der Waals surface area contributed by atoms with E-state index in [-0.39, 0.29) is 24.5 Å². The van der Waals surface area contributed by atoms with Crippen LogP contribution in [0.4, 0.5) is 0 Å². The van der Waals surface area contributed by atoms with Gasteiger partial charge in [-0.1, -0.05) is 42.5 Å². The predicted octanol–water partition coefficient (Wildman–Crippen LogP) is 4.21. The summed E-state index contributed by atoms with van der Waals surface area (Å²) < 4.78 is 0. The maximum Gasteiger partial charge on any atom is 0.220 e. The Hall–Kier alpha value is -2.46. The fourth-order valence-electron chi connectivity index (χ4n) is 4.06. The maximum absolute atomic E-state index is 12.6. The standard InChI is InChI=1S/C26H34N2O2/c1-20(2)28-17-14-22-10-11-24(19-23(22)15-18-28)25(29)12-13-26(30)27-16-6-9-21-7-4-3-5-8-21/h3-5,7-8,10-11,19-20H,6,9,12-18H2,1-2H3,(H,27,30). The highest BCUT2D eigenvalue weighted by Crippen LogP contribution is 2.20. The van der Waals surface area contributed by atoms with Gasteiger partial charge in [0.25, 0.3) is 0 Å². The van der Waals surface area contributed by atoms with Gasteiger partial charge in [0, 0.05) is 44.1 Å². The van der Waals surface area contributed by atoms with Crippen LogP contribution in [0.2, 0.25) is 0 Å². The van der Waals surface area contributed by atoms with Crippen LogP contribution in [0.1, 0.15) is 60.2 Å². The van der Waals surface area contributed by atoms with Gasteiger partial charge in [0.2, 0.25) is 5.91 Å². The number of aryl methyl sites for hydroxylation is 1. The molecule has 0 bridgehead atoms. The summed E-state index contributed by atoms with van der Waals surface area (Å²) in [6.07, 6.45) is 4.39. The lowest BCUT2D eigenvalue weighted by atomic mass is 9.97. The number of carbonyl (C=O) groups is 2. The van der Waals surface area contributed by atoms with Gasteiger partial charge >= 0.3 is 0 Å². The smallest absolute Gasteiger partial charge is 0.220 e. The summed E-state index contributed by atoms with van der Waals surface area (Å²) >= 11 is 0. The van der Waals surface area contributed by atoms with Gasteiger partial charge in [0.15, 0.2) is 5.78 Å². The quantitative estimate of drug-likeness (QED) is 0.501. The maximum atomic E-state index is 12.6. The van der Waals surface area contributed by atoms with Gasteiger partial charge in [-0.25, -0.2) is 0 Å². The van der Waals surface area contributed by atoms with Crippen LogP contribution in [-0.4, -0.2) is 42.3 Å². The van der Waals surface area contributed by atoms with Gasteiger partial charge in [-0.2, -0.15) is 0 Å². The van der Waals surface area contributed by atoms with Crippen molar-refractivity contribution < 1.29 is 9.59 Å². The highest BCUT2D eigenvalue weighted by atomic mass is 16.2. The van der Waals surface area contributed by atoms with Gasteiger partial charge in [-0.3, -0.25) is 9.59 Å². The zero-order valence-electron chi connectivity index (χ0n) is 18.3. The van der Waals surface area contributed by atoms with E-state index in [4.69, 9.17) is 0 Å². The normalized spacial score (nSPS) is 14.2. The van der Waals surface area contributed by atoms with E-state index in [1.165, 1.54) is 16.7 Å². The first-order chi connectivity index (χ1) is 14.5. The summed E-state index contributed by atoms with van der Waals surface area (Å²) in [6.45, 7) is 7.22. The minimum absolute atomic E-state index is 0.0428. The van der Waals surface area contributed by atoms with Crippen molar-refractivity contribution in [3.05, 3.63) is 70.8 Å². The molecule has 0 spiro atoms. The first-order valence-electron chi connectivity index (χ1n) is 11.2. The first kappa shape index (κ1) is 22.2. The molecular weight excluding hydrogens is 372 g/mol.